The Kier molecular flexibility index (Phi) is 2.85. The highest BCUT2D eigenvalue weighted by atomic mass is 16.5. The van der Waals surface area contributed by atoms with Gasteiger partial charge in [0.15, 0.2) is 6.61 Å². The molecule has 1 aromatic carbocycles. The molecule has 0 saturated carbocycles. The van der Waals surface area contributed by atoms with Gasteiger partial charge >= 0.3 is 0 Å². The molecule has 0 aliphatic heterocycles. The Morgan fingerprint density at radius 2 is 1.94 bits per heavy atom. The summed E-state index contributed by atoms with van der Waals surface area (Å²) in [4.78, 5) is 1.42. The molecule has 0 aliphatic carbocycles. The number of rotatable bonds is 3. The van der Waals surface area contributed by atoms with Crippen LogP contribution in [0.25, 0.3) is 0 Å². The summed E-state index contributed by atoms with van der Waals surface area (Å²) in [5.74, 6) is 1.49. The van der Waals surface area contributed by atoms with Crippen molar-refractivity contribution in [3.05, 3.63) is 35.2 Å². The van der Waals surface area contributed by atoms with E-state index in [1.54, 1.807) is 7.05 Å². The van der Waals surface area contributed by atoms with Crippen LogP contribution in [0.15, 0.2) is 18.2 Å². The van der Waals surface area contributed by atoms with Gasteiger partial charge in [-0.25, -0.2) is 0 Å². The van der Waals surface area contributed by atoms with Crippen LogP contribution in [0.5, 0.6) is 5.75 Å². The fourth-order valence-corrected chi connectivity index (χ4v) is 1.54. The molecule has 0 radical (unpaired) electrons. The third-order valence-electron chi connectivity index (χ3n) is 2.30. The largest absolute Gasteiger partial charge is 0.485 e. The molecule has 0 atom stereocenters. The van der Waals surface area contributed by atoms with Crippen LogP contribution in [-0.2, 0) is 13.7 Å². The monoisotopic (exact) mass is 218 g/mol. The van der Waals surface area contributed by atoms with Crippen molar-refractivity contribution < 1.29 is 4.74 Å². The van der Waals surface area contributed by atoms with E-state index in [1.807, 2.05) is 32.0 Å². The Morgan fingerprint density at radius 3 is 2.50 bits per heavy atom. The molecule has 5 nitrogen and oxygen atoms in total. The molecule has 0 unspecified atom stereocenters. The van der Waals surface area contributed by atoms with E-state index >= 15 is 0 Å². The molecule has 0 fully saturated rings. The number of tetrazole rings is 1. The molecule has 0 bridgehead atoms. The summed E-state index contributed by atoms with van der Waals surface area (Å²) in [5.41, 5.74) is 2.23. The molecular formula is C11H14N4O. The second-order valence-electron chi connectivity index (χ2n) is 3.70. The highest BCUT2D eigenvalue weighted by molar-refractivity contribution is 5.39. The van der Waals surface area contributed by atoms with Gasteiger partial charge in [0.1, 0.15) is 5.75 Å². The Hall–Kier alpha value is -1.91. The first-order valence-electron chi connectivity index (χ1n) is 5.08. The van der Waals surface area contributed by atoms with Crippen molar-refractivity contribution in [1.82, 2.24) is 20.2 Å². The Labute approximate surface area is 94.0 Å². The highest BCUT2D eigenvalue weighted by Crippen LogP contribution is 2.22. The maximum Gasteiger partial charge on any atom is 0.212 e. The summed E-state index contributed by atoms with van der Waals surface area (Å²) in [6, 6.07) is 6.05. The van der Waals surface area contributed by atoms with Crippen LogP contribution in [-0.4, -0.2) is 20.2 Å². The van der Waals surface area contributed by atoms with Crippen molar-refractivity contribution in [2.75, 3.05) is 0 Å². The SMILES string of the molecule is Cc1cccc(C)c1OCc1nnn(C)n1. The predicted molar refractivity (Wildman–Crippen MR) is 59.0 cm³/mol. The van der Waals surface area contributed by atoms with E-state index in [2.05, 4.69) is 15.4 Å². The van der Waals surface area contributed by atoms with E-state index in [9.17, 15) is 0 Å². The number of aromatic nitrogens is 4. The lowest BCUT2D eigenvalue weighted by molar-refractivity contribution is 0.291. The number of aryl methyl sites for hydroxylation is 3. The molecule has 2 rings (SSSR count). The lowest BCUT2D eigenvalue weighted by atomic mass is 10.1. The molecule has 0 spiro atoms. The maximum atomic E-state index is 5.69. The first-order valence-corrected chi connectivity index (χ1v) is 5.08. The first-order chi connectivity index (χ1) is 7.66. The van der Waals surface area contributed by atoms with Gasteiger partial charge in [-0.3, -0.25) is 0 Å². The quantitative estimate of drug-likeness (QED) is 0.781. The van der Waals surface area contributed by atoms with Crippen molar-refractivity contribution >= 4 is 0 Å². The average molecular weight is 218 g/mol. The molecule has 2 aromatic rings. The first kappa shape index (κ1) is 10.6. The van der Waals surface area contributed by atoms with Crippen molar-refractivity contribution in [2.45, 2.75) is 20.5 Å². The highest BCUT2D eigenvalue weighted by Gasteiger charge is 2.06. The molecule has 0 amide bonds. The summed E-state index contributed by atoms with van der Waals surface area (Å²) < 4.78 is 5.69. The van der Waals surface area contributed by atoms with Gasteiger partial charge in [-0.2, -0.15) is 4.80 Å². The summed E-state index contributed by atoms with van der Waals surface area (Å²) in [5, 5.41) is 11.7. The molecule has 5 heteroatoms. The molecule has 1 aromatic heterocycles. The van der Waals surface area contributed by atoms with Crippen LogP contribution in [0.4, 0.5) is 0 Å². The lowest BCUT2D eigenvalue weighted by Crippen LogP contribution is -2.01. The Bertz CT molecular complexity index is 472. The van der Waals surface area contributed by atoms with Gasteiger partial charge in [0, 0.05) is 0 Å². The molecule has 0 N–H and O–H groups in total. The van der Waals surface area contributed by atoms with E-state index in [1.165, 1.54) is 4.80 Å². The fraction of sp³-hybridized carbons (Fsp3) is 0.364. The number of benzene rings is 1. The van der Waals surface area contributed by atoms with E-state index < -0.39 is 0 Å². The van der Waals surface area contributed by atoms with Crippen LogP contribution in [0.2, 0.25) is 0 Å². The standard InChI is InChI=1S/C11H14N4O/c1-8-5-4-6-9(2)11(8)16-7-10-12-14-15(3)13-10/h4-6H,7H2,1-3H3. The van der Waals surface area contributed by atoms with E-state index in [0.717, 1.165) is 16.9 Å². The Morgan fingerprint density at radius 1 is 1.25 bits per heavy atom. The van der Waals surface area contributed by atoms with Gasteiger partial charge in [-0.15, -0.1) is 10.2 Å². The minimum absolute atomic E-state index is 0.347. The molecule has 1 heterocycles. The summed E-state index contributed by atoms with van der Waals surface area (Å²) in [6.07, 6.45) is 0. The van der Waals surface area contributed by atoms with Crippen LogP contribution >= 0.6 is 0 Å². The van der Waals surface area contributed by atoms with Crippen LogP contribution in [0.3, 0.4) is 0 Å². The van der Waals surface area contributed by atoms with Crippen molar-refractivity contribution in [3.63, 3.8) is 0 Å². The zero-order valence-corrected chi connectivity index (χ0v) is 9.64. The van der Waals surface area contributed by atoms with Crippen LogP contribution < -0.4 is 4.74 Å². The minimum atomic E-state index is 0.347. The summed E-state index contributed by atoms with van der Waals surface area (Å²) in [6.45, 7) is 4.39. The van der Waals surface area contributed by atoms with Gasteiger partial charge in [-0.05, 0) is 30.2 Å². The topological polar surface area (TPSA) is 52.8 Å². The summed E-state index contributed by atoms with van der Waals surface area (Å²) in [7, 11) is 1.73. The average Bonchev–Trinajstić information content (AvgIpc) is 2.63. The van der Waals surface area contributed by atoms with Crippen LogP contribution in [0.1, 0.15) is 17.0 Å². The fourth-order valence-electron chi connectivity index (χ4n) is 1.54. The maximum absolute atomic E-state index is 5.69. The number of ether oxygens (including phenoxy) is 1. The Balaban J connectivity index is 2.10. The van der Waals surface area contributed by atoms with Crippen molar-refractivity contribution in [1.29, 1.82) is 0 Å². The van der Waals surface area contributed by atoms with Crippen molar-refractivity contribution in [2.24, 2.45) is 7.05 Å². The lowest BCUT2D eigenvalue weighted by Gasteiger charge is -2.09. The predicted octanol–water partition coefficient (Wildman–Crippen LogP) is 1.41. The molecule has 84 valence electrons. The van der Waals surface area contributed by atoms with Gasteiger partial charge < -0.3 is 4.74 Å². The van der Waals surface area contributed by atoms with Gasteiger partial charge in [-0.1, -0.05) is 18.2 Å². The minimum Gasteiger partial charge on any atom is -0.485 e. The van der Waals surface area contributed by atoms with Gasteiger partial charge in [0.25, 0.3) is 0 Å². The van der Waals surface area contributed by atoms with Crippen LogP contribution in [0, 0.1) is 13.8 Å². The van der Waals surface area contributed by atoms with E-state index in [0.29, 0.717) is 12.4 Å². The molecule has 16 heavy (non-hydrogen) atoms. The van der Waals surface area contributed by atoms with E-state index in [4.69, 9.17) is 4.74 Å². The van der Waals surface area contributed by atoms with E-state index in [-0.39, 0.29) is 0 Å². The van der Waals surface area contributed by atoms with Gasteiger partial charge in [0.2, 0.25) is 5.82 Å². The second-order valence-corrected chi connectivity index (χ2v) is 3.70. The smallest absolute Gasteiger partial charge is 0.212 e. The number of nitrogens with zero attached hydrogens (tertiary/aromatic N) is 4. The number of hydrogen-bond acceptors (Lipinski definition) is 4. The number of para-hydroxylation sites is 1. The second kappa shape index (κ2) is 4.30. The zero-order chi connectivity index (χ0) is 11.5. The van der Waals surface area contributed by atoms with Crippen molar-refractivity contribution in [3.8, 4) is 5.75 Å². The normalized spacial score (nSPS) is 10.4. The number of hydrogen-bond donors (Lipinski definition) is 0. The van der Waals surface area contributed by atoms with Gasteiger partial charge in [0.05, 0.1) is 7.05 Å². The third-order valence-corrected chi connectivity index (χ3v) is 2.30. The molecule has 0 saturated heterocycles. The molecular weight excluding hydrogens is 204 g/mol. The summed E-state index contributed by atoms with van der Waals surface area (Å²) >= 11 is 0. The zero-order valence-electron chi connectivity index (χ0n) is 9.64. The molecule has 0 aliphatic rings. The third kappa shape index (κ3) is 2.18.